The molecule has 0 saturated carbocycles. The third kappa shape index (κ3) is 4.56. The van der Waals surface area contributed by atoms with E-state index in [0.29, 0.717) is 31.0 Å². The average Bonchev–Trinajstić information content (AvgIpc) is 3.12. The molecule has 8 nitrogen and oxygen atoms in total. The van der Waals surface area contributed by atoms with Gasteiger partial charge < -0.3 is 10.1 Å². The lowest BCUT2D eigenvalue weighted by molar-refractivity contribution is 0.0948. The van der Waals surface area contributed by atoms with Gasteiger partial charge in [-0.15, -0.1) is 0 Å². The number of rotatable bonds is 7. The van der Waals surface area contributed by atoms with Crippen LogP contribution in [0.3, 0.4) is 0 Å². The number of ether oxygens (including phenoxy) is 1. The second kappa shape index (κ2) is 8.95. The molecule has 0 bridgehead atoms. The first kappa shape index (κ1) is 20.0. The number of benzene rings is 1. The van der Waals surface area contributed by atoms with Gasteiger partial charge in [-0.05, 0) is 36.8 Å². The van der Waals surface area contributed by atoms with E-state index in [-0.39, 0.29) is 22.6 Å². The van der Waals surface area contributed by atoms with Gasteiger partial charge in [0.1, 0.15) is 5.82 Å². The molecule has 0 aliphatic rings. The van der Waals surface area contributed by atoms with E-state index in [1.54, 1.807) is 19.2 Å². The number of H-pyrrole nitrogens is 1. The maximum Gasteiger partial charge on any atom is 0.272 e. The molecule has 2 heterocycles. The number of halogens is 1. The fraction of sp³-hybridized carbons (Fsp3) is 0.200. The van der Waals surface area contributed by atoms with Crippen molar-refractivity contribution in [3.05, 3.63) is 70.0 Å². The van der Waals surface area contributed by atoms with Crippen molar-refractivity contribution in [3.8, 4) is 23.0 Å². The second-order valence-electron chi connectivity index (χ2n) is 6.17. The zero-order valence-electron chi connectivity index (χ0n) is 15.6. The van der Waals surface area contributed by atoms with Crippen LogP contribution in [0, 0.1) is 17.1 Å². The predicted octanol–water partition coefficient (Wildman–Crippen LogP) is 2.00. The number of nitrogens with one attached hydrogen (secondary N) is 2. The molecular formula is C20H18FN5O3. The maximum absolute atomic E-state index is 14.2. The standard InChI is InChI=1S/C20H18FN5O3/c1-29-8-2-7-23-19(27)14-4-6-18(24-11-14)26-12-16(20(28)25-26)15-5-3-13(10-22)9-17(15)21/h3-6,9,11-12H,2,7-8H2,1H3,(H,23,27)(H,25,28). The fourth-order valence-electron chi connectivity index (χ4n) is 2.69. The fourth-order valence-corrected chi connectivity index (χ4v) is 2.69. The molecule has 1 aromatic carbocycles. The van der Waals surface area contributed by atoms with Crippen LogP contribution < -0.4 is 10.9 Å². The molecule has 148 valence electrons. The summed E-state index contributed by atoms with van der Waals surface area (Å²) in [5.41, 5.74) is 0.221. The summed E-state index contributed by atoms with van der Waals surface area (Å²) in [5.74, 6) is -0.569. The number of nitrogens with zero attached hydrogens (tertiary/aromatic N) is 3. The molecule has 0 saturated heterocycles. The number of carbonyl (C=O) groups is 1. The number of amides is 1. The van der Waals surface area contributed by atoms with Gasteiger partial charge in [0.25, 0.3) is 11.5 Å². The van der Waals surface area contributed by atoms with E-state index in [9.17, 15) is 14.0 Å². The normalized spacial score (nSPS) is 10.5. The molecule has 0 aliphatic heterocycles. The molecule has 0 fully saturated rings. The molecule has 29 heavy (non-hydrogen) atoms. The van der Waals surface area contributed by atoms with Gasteiger partial charge in [0, 0.05) is 38.2 Å². The van der Waals surface area contributed by atoms with Gasteiger partial charge in [0.15, 0.2) is 5.82 Å². The van der Waals surface area contributed by atoms with Crippen molar-refractivity contribution in [2.75, 3.05) is 20.3 Å². The average molecular weight is 395 g/mol. The minimum atomic E-state index is -0.666. The molecule has 0 radical (unpaired) electrons. The lowest BCUT2D eigenvalue weighted by Gasteiger charge is -2.06. The molecule has 0 aliphatic carbocycles. The predicted molar refractivity (Wildman–Crippen MR) is 103 cm³/mol. The second-order valence-corrected chi connectivity index (χ2v) is 6.17. The van der Waals surface area contributed by atoms with Crippen LogP contribution in [0.25, 0.3) is 16.9 Å². The first-order valence-electron chi connectivity index (χ1n) is 8.78. The Morgan fingerprint density at radius 2 is 2.17 bits per heavy atom. The Kier molecular flexibility index (Phi) is 6.16. The van der Waals surface area contributed by atoms with E-state index in [0.717, 1.165) is 6.07 Å². The van der Waals surface area contributed by atoms with Crippen molar-refractivity contribution < 1.29 is 13.9 Å². The summed E-state index contributed by atoms with van der Waals surface area (Å²) in [7, 11) is 1.59. The van der Waals surface area contributed by atoms with E-state index < -0.39 is 11.4 Å². The highest BCUT2D eigenvalue weighted by molar-refractivity contribution is 5.93. The highest BCUT2D eigenvalue weighted by Crippen LogP contribution is 2.21. The summed E-state index contributed by atoms with van der Waals surface area (Å²) in [6.07, 6.45) is 3.51. The van der Waals surface area contributed by atoms with Crippen molar-refractivity contribution >= 4 is 5.91 Å². The number of methoxy groups -OCH3 is 1. The maximum atomic E-state index is 14.2. The number of aromatic amines is 1. The van der Waals surface area contributed by atoms with Crippen LogP contribution in [0.4, 0.5) is 4.39 Å². The van der Waals surface area contributed by atoms with Crippen molar-refractivity contribution in [2.24, 2.45) is 0 Å². The van der Waals surface area contributed by atoms with Crippen molar-refractivity contribution in [1.29, 1.82) is 5.26 Å². The van der Waals surface area contributed by atoms with Gasteiger partial charge in [-0.25, -0.2) is 14.1 Å². The van der Waals surface area contributed by atoms with Gasteiger partial charge in [0.2, 0.25) is 0 Å². The van der Waals surface area contributed by atoms with Crippen LogP contribution in [0.1, 0.15) is 22.3 Å². The lowest BCUT2D eigenvalue weighted by atomic mass is 10.1. The molecule has 3 aromatic rings. The monoisotopic (exact) mass is 395 g/mol. The molecule has 1 amide bonds. The van der Waals surface area contributed by atoms with Gasteiger partial charge in [-0.2, -0.15) is 5.26 Å². The Hall–Kier alpha value is -3.77. The number of hydrogen-bond acceptors (Lipinski definition) is 5. The van der Waals surface area contributed by atoms with Crippen LogP contribution in [-0.2, 0) is 4.74 Å². The molecule has 2 aromatic heterocycles. The van der Waals surface area contributed by atoms with E-state index in [1.807, 2.05) is 6.07 Å². The Balaban J connectivity index is 1.79. The SMILES string of the molecule is COCCCNC(=O)c1ccc(-n2cc(-c3ccc(C#N)cc3F)c(=O)[nH]2)nc1. The van der Waals surface area contributed by atoms with Gasteiger partial charge >= 0.3 is 0 Å². The van der Waals surface area contributed by atoms with Crippen LogP contribution in [0.2, 0.25) is 0 Å². The van der Waals surface area contributed by atoms with E-state index >= 15 is 0 Å². The molecule has 3 rings (SSSR count). The van der Waals surface area contributed by atoms with Gasteiger partial charge in [-0.1, -0.05) is 0 Å². The smallest absolute Gasteiger partial charge is 0.272 e. The quantitative estimate of drug-likeness (QED) is 0.594. The summed E-state index contributed by atoms with van der Waals surface area (Å²) in [6, 6.07) is 8.89. The van der Waals surface area contributed by atoms with E-state index in [2.05, 4.69) is 15.4 Å². The lowest BCUT2D eigenvalue weighted by Crippen LogP contribution is -2.25. The van der Waals surface area contributed by atoms with Gasteiger partial charge in [-0.3, -0.25) is 14.7 Å². The zero-order chi connectivity index (χ0) is 20.8. The van der Waals surface area contributed by atoms with Crippen molar-refractivity contribution in [1.82, 2.24) is 20.1 Å². The Morgan fingerprint density at radius 3 is 2.83 bits per heavy atom. The number of nitriles is 1. The molecule has 9 heteroatoms. The first-order valence-corrected chi connectivity index (χ1v) is 8.78. The summed E-state index contributed by atoms with van der Waals surface area (Å²) < 4.78 is 20.5. The number of hydrogen-bond donors (Lipinski definition) is 2. The number of aromatic nitrogens is 3. The summed E-state index contributed by atoms with van der Waals surface area (Å²) in [5, 5.41) is 14.2. The van der Waals surface area contributed by atoms with E-state index in [1.165, 1.54) is 29.2 Å². The van der Waals surface area contributed by atoms with Crippen LogP contribution >= 0.6 is 0 Å². The number of pyridine rings is 1. The van der Waals surface area contributed by atoms with Crippen LogP contribution in [-0.4, -0.2) is 40.9 Å². The Labute approximate surface area is 165 Å². The minimum Gasteiger partial charge on any atom is -0.385 e. The minimum absolute atomic E-state index is 0.0797. The third-order valence-corrected chi connectivity index (χ3v) is 4.18. The first-order chi connectivity index (χ1) is 14.0. The summed E-state index contributed by atoms with van der Waals surface area (Å²) in [6.45, 7) is 1.04. The molecule has 0 spiro atoms. The molecule has 2 N–H and O–H groups in total. The topological polar surface area (TPSA) is 113 Å². The zero-order valence-corrected chi connectivity index (χ0v) is 15.6. The Morgan fingerprint density at radius 1 is 1.34 bits per heavy atom. The van der Waals surface area contributed by atoms with E-state index in [4.69, 9.17) is 10.00 Å². The highest BCUT2D eigenvalue weighted by Gasteiger charge is 2.14. The van der Waals surface area contributed by atoms with Gasteiger partial charge in [0.05, 0.1) is 22.8 Å². The number of carbonyl (C=O) groups excluding carboxylic acids is 1. The van der Waals surface area contributed by atoms with Crippen molar-refractivity contribution in [2.45, 2.75) is 6.42 Å². The van der Waals surface area contributed by atoms with Crippen LogP contribution in [0.5, 0.6) is 0 Å². The summed E-state index contributed by atoms with van der Waals surface area (Å²) >= 11 is 0. The highest BCUT2D eigenvalue weighted by atomic mass is 19.1. The molecule has 0 atom stereocenters. The largest absolute Gasteiger partial charge is 0.385 e. The molecular weight excluding hydrogens is 377 g/mol. The van der Waals surface area contributed by atoms with Crippen LogP contribution in [0.15, 0.2) is 47.5 Å². The third-order valence-electron chi connectivity index (χ3n) is 4.18. The van der Waals surface area contributed by atoms with Crippen molar-refractivity contribution in [3.63, 3.8) is 0 Å². The summed E-state index contributed by atoms with van der Waals surface area (Å²) in [4.78, 5) is 28.5. The Bertz CT molecular complexity index is 1110. The molecule has 0 unspecified atom stereocenters.